The Morgan fingerprint density at radius 1 is 1.05 bits per heavy atom. The lowest BCUT2D eigenvalue weighted by atomic mass is 10.1. The summed E-state index contributed by atoms with van der Waals surface area (Å²) >= 11 is 1.48. The van der Waals surface area contributed by atoms with Gasteiger partial charge in [-0.1, -0.05) is 12.1 Å². The molecule has 0 spiro atoms. The molecule has 0 fully saturated rings. The van der Waals surface area contributed by atoms with Gasteiger partial charge in [0.25, 0.3) is 5.56 Å². The van der Waals surface area contributed by atoms with Gasteiger partial charge in [0.15, 0.2) is 0 Å². The highest BCUT2D eigenvalue weighted by Gasteiger charge is 2.29. The molecule has 2 heterocycles. The van der Waals surface area contributed by atoms with Gasteiger partial charge in [-0.25, -0.2) is 0 Å². The molecule has 0 amide bonds. The van der Waals surface area contributed by atoms with E-state index in [1.165, 1.54) is 28.0 Å². The Hall–Kier alpha value is -2.08. The van der Waals surface area contributed by atoms with E-state index in [9.17, 15) is 18.0 Å². The predicted molar refractivity (Wildman–Crippen MR) is 76.6 cm³/mol. The van der Waals surface area contributed by atoms with Crippen molar-refractivity contribution in [3.8, 4) is 0 Å². The summed E-state index contributed by atoms with van der Waals surface area (Å²) in [6.07, 6.45) is -2.68. The normalized spacial score (nSPS) is 12.0. The number of benzene rings is 1. The first-order valence-corrected chi connectivity index (χ1v) is 7.06. The van der Waals surface area contributed by atoms with E-state index in [1.807, 2.05) is 11.4 Å². The SMILES string of the molecule is O=c1c2ccsc2ccn1Cc1ccc(C(F)(F)F)cc1. The number of nitrogens with zero attached hydrogens (tertiary/aromatic N) is 1. The van der Waals surface area contributed by atoms with Crippen LogP contribution in [0.3, 0.4) is 0 Å². The summed E-state index contributed by atoms with van der Waals surface area (Å²) < 4.78 is 39.9. The lowest BCUT2D eigenvalue weighted by Crippen LogP contribution is -2.19. The fourth-order valence-corrected chi connectivity index (χ4v) is 2.90. The van der Waals surface area contributed by atoms with Gasteiger partial charge in [-0.15, -0.1) is 11.3 Å². The summed E-state index contributed by atoms with van der Waals surface area (Å²) in [6.45, 7) is 0.253. The zero-order valence-corrected chi connectivity index (χ0v) is 11.5. The molecule has 0 aliphatic heterocycles. The van der Waals surface area contributed by atoms with Crippen molar-refractivity contribution >= 4 is 21.4 Å². The summed E-state index contributed by atoms with van der Waals surface area (Å²) in [5.74, 6) is 0. The lowest BCUT2D eigenvalue weighted by Gasteiger charge is -2.09. The topological polar surface area (TPSA) is 22.0 Å². The largest absolute Gasteiger partial charge is 0.416 e. The standard InChI is InChI=1S/C15H10F3NOS/c16-15(17,18)11-3-1-10(2-4-11)9-19-7-5-13-12(14(19)20)6-8-21-13/h1-8H,9H2. The molecule has 1 aromatic carbocycles. The number of hydrogen-bond acceptors (Lipinski definition) is 2. The monoisotopic (exact) mass is 309 g/mol. The quantitative estimate of drug-likeness (QED) is 0.697. The van der Waals surface area contributed by atoms with Crippen molar-refractivity contribution in [3.63, 3.8) is 0 Å². The molecular formula is C15H10F3NOS. The first-order chi connectivity index (χ1) is 9.95. The molecule has 0 aliphatic rings. The number of halogens is 3. The van der Waals surface area contributed by atoms with Crippen molar-refractivity contribution in [1.82, 2.24) is 4.57 Å². The Morgan fingerprint density at radius 3 is 2.43 bits per heavy atom. The van der Waals surface area contributed by atoms with E-state index >= 15 is 0 Å². The molecule has 2 aromatic heterocycles. The third-order valence-electron chi connectivity index (χ3n) is 3.23. The Labute approximate surface area is 122 Å². The smallest absolute Gasteiger partial charge is 0.311 e. The Bertz CT molecular complexity index is 830. The van der Waals surface area contributed by atoms with E-state index in [2.05, 4.69) is 0 Å². The molecular weight excluding hydrogens is 299 g/mol. The van der Waals surface area contributed by atoms with E-state index in [4.69, 9.17) is 0 Å². The van der Waals surface area contributed by atoms with Crippen LogP contribution in [-0.4, -0.2) is 4.57 Å². The second-order valence-electron chi connectivity index (χ2n) is 4.64. The molecule has 0 aliphatic carbocycles. The van der Waals surface area contributed by atoms with Crippen LogP contribution in [-0.2, 0) is 12.7 Å². The number of thiophene rings is 1. The number of alkyl halides is 3. The fourth-order valence-electron chi connectivity index (χ4n) is 2.13. The van der Waals surface area contributed by atoms with Crippen LogP contribution in [0.25, 0.3) is 10.1 Å². The summed E-state index contributed by atoms with van der Waals surface area (Å²) in [7, 11) is 0. The van der Waals surface area contributed by atoms with E-state index in [0.29, 0.717) is 10.9 Å². The number of rotatable bonds is 2. The lowest BCUT2D eigenvalue weighted by molar-refractivity contribution is -0.137. The minimum atomic E-state index is -4.34. The predicted octanol–water partition coefficient (Wildman–Crippen LogP) is 4.13. The van der Waals surface area contributed by atoms with Crippen molar-refractivity contribution in [2.24, 2.45) is 0 Å². The van der Waals surface area contributed by atoms with Crippen molar-refractivity contribution in [2.75, 3.05) is 0 Å². The van der Waals surface area contributed by atoms with Gasteiger partial charge in [-0.2, -0.15) is 13.2 Å². The van der Waals surface area contributed by atoms with Crippen LogP contribution in [0.1, 0.15) is 11.1 Å². The second-order valence-corrected chi connectivity index (χ2v) is 5.59. The average molecular weight is 309 g/mol. The van der Waals surface area contributed by atoms with Gasteiger partial charge in [-0.05, 0) is 35.2 Å². The maximum atomic E-state index is 12.5. The molecule has 3 rings (SSSR count). The van der Waals surface area contributed by atoms with Gasteiger partial charge in [0.2, 0.25) is 0 Å². The highest BCUT2D eigenvalue weighted by atomic mass is 32.1. The molecule has 21 heavy (non-hydrogen) atoms. The molecule has 6 heteroatoms. The zero-order valence-electron chi connectivity index (χ0n) is 10.7. The molecule has 108 valence electrons. The van der Waals surface area contributed by atoms with E-state index < -0.39 is 11.7 Å². The average Bonchev–Trinajstić information content (AvgIpc) is 2.91. The highest BCUT2D eigenvalue weighted by molar-refractivity contribution is 7.17. The Kier molecular flexibility index (Phi) is 3.33. The van der Waals surface area contributed by atoms with Gasteiger partial charge in [0.1, 0.15) is 0 Å². The molecule has 3 aromatic rings. The van der Waals surface area contributed by atoms with Crippen molar-refractivity contribution in [1.29, 1.82) is 0 Å². The van der Waals surface area contributed by atoms with Gasteiger partial charge in [-0.3, -0.25) is 4.79 Å². The van der Waals surface area contributed by atoms with Crippen LogP contribution in [0.5, 0.6) is 0 Å². The van der Waals surface area contributed by atoms with Crippen LogP contribution >= 0.6 is 11.3 Å². The molecule has 2 nitrogen and oxygen atoms in total. The Morgan fingerprint density at radius 2 is 1.76 bits per heavy atom. The summed E-state index contributed by atoms with van der Waals surface area (Å²) in [5.41, 5.74) is -0.166. The molecule has 0 saturated heterocycles. The number of hydrogen-bond donors (Lipinski definition) is 0. The Balaban J connectivity index is 1.92. The van der Waals surface area contributed by atoms with E-state index in [1.54, 1.807) is 12.3 Å². The third kappa shape index (κ3) is 2.71. The van der Waals surface area contributed by atoms with Gasteiger partial charge in [0.05, 0.1) is 17.5 Å². The molecule has 0 atom stereocenters. The summed E-state index contributed by atoms with van der Waals surface area (Å²) in [5, 5.41) is 2.48. The number of aromatic nitrogens is 1. The first kappa shape index (κ1) is 13.9. The minimum Gasteiger partial charge on any atom is -0.311 e. The fraction of sp³-hybridized carbons (Fsp3) is 0.133. The number of fused-ring (bicyclic) bond motifs is 1. The maximum absolute atomic E-state index is 12.5. The number of pyridine rings is 1. The summed E-state index contributed by atoms with van der Waals surface area (Å²) in [6, 6.07) is 8.45. The van der Waals surface area contributed by atoms with Crippen molar-refractivity contribution in [3.05, 3.63) is 69.5 Å². The van der Waals surface area contributed by atoms with Crippen LogP contribution in [0.2, 0.25) is 0 Å². The van der Waals surface area contributed by atoms with Crippen molar-refractivity contribution < 1.29 is 13.2 Å². The van der Waals surface area contributed by atoms with Gasteiger partial charge in [0, 0.05) is 10.9 Å². The van der Waals surface area contributed by atoms with E-state index in [0.717, 1.165) is 16.8 Å². The first-order valence-electron chi connectivity index (χ1n) is 6.18. The minimum absolute atomic E-state index is 0.131. The molecule has 0 unspecified atom stereocenters. The molecule has 0 bridgehead atoms. The molecule has 0 radical (unpaired) electrons. The van der Waals surface area contributed by atoms with E-state index in [-0.39, 0.29) is 12.1 Å². The van der Waals surface area contributed by atoms with Crippen LogP contribution < -0.4 is 5.56 Å². The summed E-state index contributed by atoms with van der Waals surface area (Å²) in [4.78, 5) is 12.2. The third-order valence-corrected chi connectivity index (χ3v) is 4.11. The van der Waals surface area contributed by atoms with Crippen LogP contribution in [0, 0.1) is 0 Å². The maximum Gasteiger partial charge on any atom is 0.416 e. The van der Waals surface area contributed by atoms with Gasteiger partial charge >= 0.3 is 6.18 Å². The zero-order chi connectivity index (χ0) is 15.0. The van der Waals surface area contributed by atoms with Crippen LogP contribution in [0.4, 0.5) is 13.2 Å². The molecule has 0 saturated carbocycles. The second kappa shape index (κ2) is 5.04. The highest BCUT2D eigenvalue weighted by Crippen LogP contribution is 2.29. The van der Waals surface area contributed by atoms with Crippen LogP contribution in [0.15, 0.2) is 52.8 Å². The van der Waals surface area contributed by atoms with Crippen molar-refractivity contribution in [2.45, 2.75) is 12.7 Å². The van der Waals surface area contributed by atoms with Gasteiger partial charge < -0.3 is 4.57 Å². The molecule has 0 N–H and O–H groups in total.